The van der Waals surface area contributed by atoms with Crippen LogP contribution in [0.25, 0.3) is 0 Å². The summed E-state index contributed by atoms with van der Waals surface area (Å²) in [5, 5.41) is 0. The van der Waals surface area contributed by atoms with Gasteiger partial charge in [0.05, 0.1) is 0 Å². The van der Waals surface area contributed by atoms with Crippen LogP contribution in [0.1, 0.15) is 62.8 Å². The molecule has 2 nitrogen and oxygen atoms in total. The highest BCUT2D eigenvalue weighted by Crippen LogP contribution is 2.37. The predicted molar refractivity (Wildman–Crippen MR) is 98.3 cm³/mol. The third-order valence-corrected chi connectivity index (χ3v) is 6.16. The van der Waals surface area contributed by atoms with Crippen molar-refractivity contribution in [1.82, 2.24) is 4.90 Å². The Balaban J connectivity index is 1.43. The fourth-order valence-electron chi connectivity index (χ4n) is 4.55. The molecule has 23 heavy (non-hydrogen) atoms. The van der Waals surface area contributed by atoms with Crippen molar-refractivity contribution in [3.05, 3.63) is 29.8 Å². The smallest absolute Gasteiger partial charge is 0.0402 e. The SMILES string of the molecule is c1ccc(N2CCN(CC3CC3)CC2)c(C2CCCCCC2)c1. The lowest BCUT2D eigenvalue weighted by Gasteiger charge is -2.38. The first kappa shape index (κ1) is 15.5. The van der Waals surface area contributed by atoms with Crippen LogP contribution in [0.2, 0.25) is 0 Å². The highest BCUT2D eigenvalue weighted by atomic mass is 15.3. The molecule has 1 aromatic carbocycles. The third kappa shape index (κ3) is 3.91. The van der Waals surface area contributed by atoms with Gasteiger partial charge in [-0.2, -0.15) is 0 Å². The van der Waals surface area contributed by atoms with Gasteiger partial charge in [0.2, 0.25) is 0 Å². The van der Waals surface area contributed by atoms with Gasteiger partial charge < -0.3 is 4.90 Å². The van der Waals surface area contributed by atoms with Crippen molar-refractivity contribution in [3.63, 3.8) is 0 Å². The molecule has 0 radical (unpaired) electrons. The molecule has 0 aromatic heterocycles. The van der Waals surface area contributed by atoms with Crippen LogP contribution in [-0.4, -0.2) is 37.6 Å². The summed E-state index contributed by atoms with van der Waals surface area (Å²) in [6.07, 6.45) is 11.5. The van der Waals surface area contributed by atoms with E-state index >= 15 is 0 Å². The van der Waals surface area contributed by atoms with Crippen molar-refractivity contribution < 1.29 is 0 Å². The zero-order valence-corrected chi connectivity index (χ0v) is 14.6. The fourth-order valence-corrected chi connectivity index (χ4v) is 4.55. The Morgan fingerprint density at radius 2 is 1.48 bits per heavy atom. The highest BCUT2D eigenvalue weighted by molar-refractivity contribution is 5.55. The number of hydrogen-bond acceptors (Lipinski definition) is 2. The summed E-state index contributed by atoms with van der Waals surface area (Å²) in [6, 6.07) is 9.30. The lowest BCUT2D eigenvalue weighted by Crippen LogP contribution is -2.47. The largest absolute Gasteiger partial charge is 0.369 e. The molecule has 1 saturated heterocycles. The first-order valence-corrected chi connectivity index (χ1v) is 9.96. The second-order valence-corrected chi connectivity index (χ2v) is 7.98. The first-order valence-electron chi connectivity index (χ1n) is 9.96. The average molecular weight is 313 g/mol. The molecule has 0 atom stereocenters. The first-order chi connectivity index (χ1) is 11.4. The fraction of sp³-hybridized carbons (Fsp3) is 0.714. The van der Waals surface area contributed by atoms with Crippen molar-refractivity contribution in [2.24, 2.45) is 5.92 Å². The Kier molecular flexibility index (Phi) is 4.89. The van der Waals surface area contributed by atoms with E-state index in [1.165, 1.54) is 84.1 Å². The van der Waals surface area contributed by atoms with E-state index in [2.05, 4.69) is 34.1 Å². The summed E-state index contributed by atoms with van der Waals surface area (Å²) in [7, 11) is 0. The number of para-hydroxylation sites is 1. The zero-order valence-electron chi connectivity index (χ0n) is 14.6. The standard InChI is InChI=1S/C21H32N2/c1-2-4-8-19(7-3-1)20-9-5-6-10-21(20)23-15-13-22(14-16-23)17-18-11-12-18/h5-6,9-10,18-19H,1-4,7-8,11-17H2. The minimum atomic E-state index is 0.804. The van der Waals surface area contributed by atoms with Crippen molar-refractivity contribution in [3.8, 4) is 0 Å². The van der Waals surface area contributed by atoms with Gasteiger partial charge in [-0.25, -0.2) is 0 Å². The van der Waals surface area contributed by atoms with Gasteiger partial charge in [-0.1, -0.05) is 43.9 Å². The Bertz CT molecular complexity index is 492. The Morgan fingerprint density at radius 3 is 2.17 bits per heavy atom. The molecule has 0 bridgehead atoms. The molecule has 2 saturated carbocycles. The number of rotatable bonds is 4. The molecule has 1 heterocycles. The monoisotopic (exact) mass is 312 g/mol. The Hall–Kier alpha value is -1.02. The molecule has 126 valence electrons. The van der Waals surface area contributed by atoms with Gasteiger partial charge in [-0.15, -0.1) is 0 Å². The quantitative estimate of drug-likeness (QED) is 0.746. The number of benzene rings is 1. The van der Waals surface area contributed by atoms with E-state index < -0.39 is 0 Å². The zero-order chi connectivity index (χ0) is 15.5. The highest BCUT2D eigenvalue weighted by Gasteiger charge is 2.27. The second kappa shape index (κ2) is 7.25. The van der Waals surface area contributed by atoms with Gasteiger partial charge in [-0.05, 0) is 49.1 Å². The molecule has 4 rings (SSSR count). The van der Waals surface area contributed by atoms with Gasteiger partial charge in [0.15, 0.2) is 0 Å². The maximum Gasteiger partial charge on any atom is 0.0402 e. The van der Waals surface area contributed by atoms with Gasteiger partial charge in [-0.3, -0.25) is 4.90 Å². The van der Waals surface area contributed by atoms with E-state index in [1.54, 1.807) is 11.3 Å². The predicted octanol–water partition coefficient (Wildman–Crippen LogP) is 4.66. The van der Waals surface area contributed by atoms with Crippen LogP contribution in [0.3, 0.4) is 0 Å². The molecule has 0 spiro atoms. The van der Waals surface area contributed by atoms with Crippen molar-refractivity contribution in [2.75, 3.05) is 37.6 Å². The summed E-state index contributed by atoms with van der Waals surface area (Å²) < 4.78 is 0. The van der Waals surface area contributed by atoms with Crippen LogP contribution < -0.4 is 4.90 Å². The van der Waals surface area contributed by atoms with Crippen LogP contribution >= 0.6 is 0 Å². The van der Waals surface area contributed by atoms with Gasteiger partial charge >= 0.3 is 0 Å². The molecular weight excluding hydrogens is 280 g/mol. The van der Waals surface area contributed by atoms with E-state index in [-0.39, 0.29) is 0 Å². The summed E-state index contributed by atoms with van der Waals surface area (Å²) in [6.45, 7) is 6.32. The maximum absolute atomic E-state index is 2.70. The molecule has 0 amide bonds. The minimum absolute atomic E-state index is 0.804. The Labute approximate surface area is 141 Å². The molecular formula is C21H32N2. The maximum atomic E-state index is 2.70. The summed E-state index contributed by atoms with van der Waals surface area (Å²) >= 11 is 0. The molecule has 3 fully saturated rings. The lowest BCUT2D eigenvalue weighted by atomic mass is 9.90. The Morgan fingerprint density at radius 1 is 0.783 bits per heavy atom. The number of piperazine rings is 1. The summed E-state index contributed by atoms with van der Waals surface area (Å²) in [5.41, 5.74) is 3.19. The van der Waals surface area contributed by atoms with E-state index in [4.69, 9.17) is 0 Å². The molecule has 2 aliphatic carbocycles. The van der Waals surface area contributed by atoms with Crippen LogP contribution in [0.5, 0.6) is 0 Å². The molecule has 0 N–H and O–H groups in total. The molecule has 1 aromatic rings. The third-order valence-electron chi connectivity index (χ3n) is 6.16. The topological polar surface area (TPSA) is 6.48 Å². The van der Waals surface area contributed by atoms with E-state index in [0.717, 1.165) is 11.8 Å². The molecule has 3 aliphatic rings. The average Bonchev–Trinajstić information content (AvgIpc) is 3.42. The molecule has 1 aliphatic heterocycles. The molecule has 2 heteroatoms. The number of nitrogens with zero attached hydrogens (tertiary/aromatic N) is 2. The number of hydrogen-bond donors (Lipinski definition) is 0. The van der Waals surface area contributed by atoms with Crippen LogP contribution in [-0.2, 0) is 0 Å². The van der Waals surface area contributed by atoms with E-state index in [1.807, 2.05) is 0 Å². The summed E-state index contributed by atoms with van der Waals surface area (Å²) in [4.78, 5) is 5.37. The van der Waals surface area contributed by atoms with Gasteiger partial charge in [0, 0.05) is 38.4 Å². The van der Waals surface area contributed by atoms with Crippen molar-refractivity contribution >= 4 is 5.69 Å². The van der Waals surface area contributed by atoms with Crippen molar-refractivity contribution in [2.45, 2.75) is 57.3 Å². The van der Waals surface area contributed by atoms with Crippen LogP contribution in [0.15, 0.2) is 24.3 Å². The van der Waals surface area contributed by atoms with Crippen LogP contribution in [0, 0.1) is 5.92 Å². The molecule has 0 unspecified atom stereocenters. The van der Waals surface area contributed by atoms with Crippen LogP contribution in [0.4, 0.5) is 5.69 Å². The lowest BCUT2D eigenvalue weighted by molar-refractivity contribution is 0.248. The van der Waals surface area contributed by atoms with E-state index in [0.29, 0.717) is 0 Å². The second-order valence-electron chi connectivity index (χ2n) is 7.98. The van der Waals surface area contributed by atoms with Gasteiger partial charge in [0.25, 0.3) is 0 Å². The van der Waals surface area contributed by atoms with Gasteiger partial charge in [0.1, 0.15) is 0 Å². The summed E-state index contributed by atoms with van der Waals surface area (Å²) in [5.74, 6) is 1.83. The van der Waals surface area contributed by atoms with E-state index in [9.17, 15) is 0 Å². The minimum Gasteiger partial charge on any atom is -0.369 e. The number of anilines is 1. The normalized spacial score (nSPS) is 24.6. The van der Waals surface area contributed by atoms with Crippen molar-refractivity contribution in [1.29, 1.82) is 0 Å².